The van der Waals surface area contributed by atoms with Gasteiger partial charge in [0.15, 0.2) is 15.7 Å². The number of oxime groups is 1. The summed E-state index contributed by atoms with van der Waals surface area (Å²) < 4.78 is 22.7. The highest BCUT2D eigenvalue weighted by Gasteiger charge is 2.36. The van der Waals surface area contributed by atoms with Crippen molar-refractivity contribution in [1.29, 1.82) is 0 Å². The van der Waals surface area contributed by atoms with Gasteiger partial charge in [-0.15, -0.1) is 0 Å². The van der Waals surface area contributed by atoms with E-state index in [1.54, 1.807) is 6.92 Å². The molecule has 14 heavy (non-hydrogen) atoms. The van der Waals surface area contributed by atoms with Crippen molar-refractivity contribution < 1.29 is 13.6 Å². The van der Waals surface area contributed by atoms with Gasteiger partial charge in [-0.05, 0) is 13.3 Å². The van der Waals surface area contributed by atoms with Crippen LogP contribution in [0.5, 0.6) is 0 Å². The number of sulfone groups is 1. The Bertz CT molecular complexity index is 325. The molecule has 7 heteroatoms. The van der Waals surface area contributed by atoms with Crippen LogP contribution in [-0.4, -0.2) is 43.1 Å². The molecule has 0 amide bonds. The van der Waals surface area contributed by atoms with Crippen molar-refractivity contribution in [3.8, 4) is 0 Å². The second-order valence-corrected chi connectivity index (χ2v) is 5.92. The number of amidine groups is 1. The molecular formula is C7H15N3O3S. The fraction of sp³-hybridized carbons (Fsp3) is 0.857. The summed E-state index contributed by atoms with van der Waals surface area (Å²) in [5.74, 6) is 0.267. The van der Waals surface area contributed by atoms with Gasteiger partial charge >= 0.3 is 0 Å². The molecular weight excluding hydrogens is 206 g/mol. The van der Waals surface area contributed by atoms with Crippen LogP contribution >= 0.6 is 0 Å². The molecule has 6 nitrogen and oxygen atoms in total. The van der Waals surface area contributed by atoms with Crippen LogP contribution in [0.4, 0.5) is 0 Å². The first kappa shape index (κ1) is 11.3. The third-order valence-corrected chi connectivity index (χ3v) is 4.79. The molecule has 0 aromatic rings. The van der Waals surface area contributed by atoms with E-state index in [9.17, 15) is 8.42 Å². The number of nitrogens with one attached hydrogen (secondary N) is 1. The summed E-state index contributed by atoms with van der Waals surface area (Å²) in [5.41, 5.74) is 5.25. The highest BCUT2D eigenvalue weighted by Crippen LogP contribution is 2.19. The molecule has 2 unspecified atom stereocenters. The smallest absolute Gasteiger partial charge is 0.154 e. The lowest BCUT2D eigenvalue weighted by Gasteiger charge is -2.15. The Morgan fingerprint density at radius 2 is 2.36 bits per heavy atom. The van der Waals surface area contributed by atoms with E-state index >= 15 is 0 Å². The largest absolute Gasteiger partial charge is 0.409 e. The maximum absolute atomic E-state index is 11.3. The molecule has 82 valence electrons. The highest BCUT2D eigenvalue weighted by molar-refractivity contribution is 7.92. The van der Waals surface area contributed by atoms with Gasteiger partial charge in [-0.3, -0.25) is 0 Å². The summed E-state index contributed by atoms with van der Waals surface area (Å²) in [5, 5.41) is 13.6. The van der Waals surface area contributed by atoms with Gasteiger partial charge in [-0.2, -0.15) is 0 Å². The Hall–Kier alpha value is -0.820. The van der Waals surface area contributed by atoms with Gasteiger partial charge in [-0.1, -0.05) is 5.16 Å². The van der Waals surface area contributed by atoms with Gasteiger partial charge in [-0.25, -0.2) is 8.42 Å². The van der Waals surface area contributed by atoms with Crippen LogP contribution in [0.2, 0.25) is 0 Å². The van der Waals surface area contributed by atoms with Crippen molar-refractivity contribution >= 4 is 15.7 Å². The molecule has 1 fully saturated rings. The van der Waals surface area contributed by atoms with E-state index in [2.05, 4.69) is 10.5 Å². The average Bonchev–Trinajstić information content (AvgIpc) is 2.40. The zero-order valence-electron chi connectivity index (χ0n) is 7.97. The van der Waals surface area contributed by atoms with Crippen molar-refractivity contribution in [3.63, 3.8) is 0 Å². The minimum Gasteiger partial charge on any atom is -0.409 e. The summed E-state index contributed by atoms with van der Waals surface area (Å²) in [7, 11) is -2.93. The van der Waals surface area contributed by atoms with Gasteiger partial charge in [0, 0.05) is 6.04 Å². The number of nitrogens with zero attached hydrogens (tertiary/aromatic N) is 1. The van der Waals surface area contributed by atoms with Gasteiger partial charge in [0.25, 0.3) is 0 Å². The van der Waals surface area contributed by atoms with Crippen LogP contribution in [0.25, 0.3) is 0 Å². The van der Waals surface area contributed by atoms with Crippen molar-refractivity contribution in [3.05, 3.63) is 0 Å². The molecule has 0 aromatic heterocycles. The molecule has 0 saturated carbocycles. The van der Waals surface area contributed by atoms with E-state index in [1.165, 1.54) is 0 Å². The fourth-order valence-electron chi connectivity index (χ4n) is 1.50. The lowest BCUT2D eigenvalue weighted by atomic mass is 10.2. The summed E-state index contributed by atoms with van der Waals surface area (Å²) in [6.07, 6.45) is 0.586. The number of nitrogens with two attached hydrogens (primary N) is 1. The van der Waals surface area contributed by atoms with E-state index in [1.807, 2.05) is 0 Å². The quantitative estimate of drug-likeness (QED) is 0.243. The number of hydrogen-bond donors (Lipinski definition) is 3. The lowest BCUT2D eigenvalue weighted by molar-refractivity contribution is 0.316. The number of rotatable bonds is 3. The second-order valence-electron chi connectivity index (χ2n) is 3.44. The van der Waals surface area contributed by atoms with Crippen LogP contribution in [0.15, 0.2) is 5.16 Å². The SMILES string of the molecule is CC1C(NC/C(N)=N/O)CCS1(=O)=O. The Balaban J connectivity index is 2.49. The average molecular weight is 221 g/mol. The molecule has 4 N–H and O–H groups in total. The zero-order valence-corrected chi connectivity index (χ0v) is 8.79. The van der Waals surface area contributed by atoms with Crippen molar-refractivity contribution in [2.75, 3.05) is 12.3 Å². The third kappa shape index (κ3) is 2.36. The predicted molar refractivity (Wildman–Crippen MR) is 53.1 cm³/mol. The Kier molecular flexibility index (Phi) is 3.33. The molecule has 0 radical (unpaired) electrons. The molecule has 0 aromatic carbocycles. The van der Waals surface area contributed by atoms with Gasteiger partial charge in [0.2, 0.25) is 0 Å². The van der Waals surface area contributed by atoms with E-state index in [0.717, 1.165) is 0 Å². The summed E-state index contributed by atoms with van der Waals surface area (Å²) in [6.45, 7) is 1.88. The maximum atomic E-state index is 11.3. The predicted octanol–water partition coefficient (Wildman–Crippen LogP) is -1.10. The molecule has 0 bridgehead atoms. The Morgan fingerprint density at radius 1 is 1.71 bits per heavy atom. The minimum atomic E-state index is -2.93. The summed E-state index contributed by atoms with van der Waals surface area (Å²) >= 11 is 0. The molecule has 1 aliphatic rings. The first-order valence-electron chi connectivity index (χ1n) is 4.38. The summed E-state index contributed by atoms with van der Waals surface area (Å²) in [6, 6.07) is -0.0969. The van der Waals surface area contributed by atoms with E-state index in [0.29, 0.717) is 6.42 Å². The van der Waals surface area contributed by atoms with Crippen LogP contribution in [0, 0.1) is 0 Å². The molecule has 0 aliphatic carbocycles. The lowest BCUT2D eigenvalue weighted by Crippen LogP contribution is -2.41. The normalized spacial score (nSPS) is 31.9. The van der Waals surface area contributed by atoms with Gasteiger partial charge in [0.05, 0.1) is 17.5 Å². The molecule has 1 heterocycles. The zero-order chi connectivity index (χ0) is 10.8. The standard InChI is InChI=1S/C7H15N3O3S/c1-5-6(2-3-14(5,12)13)9-4-7(8)10-11/h5-6,9,11H,2-4H2,1H3,(H2,8,10). The van der Waals surface area contributed by atoms with Crippen LogP contribution in [-0.2, 0) is 9.84 Å². The van der Waals surface area contributed by atoms with Crippen LogP contribution < -0.4 is 11.1 Å². The van der Waals surface area contributed by atoms with Gasteiger partial charge in [0.1, 0.15) is 0 Å². The molecule has 2 atom stereocenters. The maximum Gasteiger partial charge on any atom is 0.154 e. The second kappa shape index (κ2) is 4.14. The fourth-order valence-corrected chi connectivity index (χ4v) is 3.19. The van der Waals surface area contributed by atoms with Crippen molar-refractivity contribution in [2.45, 2.75) is 24.6 Å². The third-order valence-electron chi connectivity index (χ3n) is 2.52. The van der Waals surface area contributed by atoms with Crippen molar-refractivity contribution in [1.82, 2.24) is 5.32 Å². The molecule has 1 saturated heterocycles. The minimum absolute atomic E-state index is 0.0569. The highest BCUT2D eigenvalue weighted by atomic mass is 32.2. The molecule has 1 rings (SSSR count). The van der Waals surface area contributed by atoms with Crippen LogP contribution in [0.3, 0.4) is 0 Å². The molecule has 1 aliphatic heterocycles. The Morgan fingerprint density at radius 3 is 2.79 bits per heavy atom. The summed E-state index contributed by atoms with van der Waals surface area (Å²) in [4.78, 5) is 0. The van der Waals surface area contributed by atoms with E-state index < -0.39 is 15.1 Å². The van der Waals surface area contributed by atoms with E-state index in [-0.39, 0.29) is 24.2 Å². The molecule has 0 spiro atoms. The first-order valence-corrected chi connectivity index (χ1v) is 6.10. The monoisotopic (exact) mass is 221 g/mol. The van der Waals surface area contributed by atoms with Gasteiger partial charge < -0.3 is 16.3 Å². The van der Waals surface area contributed by atoms with Crippen LogP contribution in [0.1, 0.15) is 13.3 Å². The number of hydrogen-bond acceptors (Lipinski definition) is 5. The topological polar surface area (TPSA) is 105 Å². The Labute approximate surface area is 83.1 Å². The first-order chi connectivity index (χ1) is 6.47. The van der Waals surface area contributed by atoms with Crippen molar-refractivity contribution in [2.24, 2.45) is 10.9 Å². The van der Waals surface area contributed by atoms with E-state index in [4.69, 9.17) is 10.9 Å².